The van der Waals surface area contributed by atoms with Crippen molar-refractivity contribution in [1.82, 2.24) is 29.9 Å². The highest BCUT2D eigenvalue weighted by Gasteiger charge is 2.29. The summed E-state index contributed by atoms with van der Waals surface area (Å²) >= 11 is 12.2. The van der Waals surface area contributed by atoms with Crippen molar-refractivity contribution in [1.29, 1.82) is 0 Å². The van der Waals surface area contributed by atoms with Gasteiger partial charge in [0.05, 0.1) is 11.4 Å². The Morgan fingerprint density at radius 1 is 0.542 bits per heavy atom. The van der Waals surface area contributed by atoms with E-state index < -0.39 is 32.5 Å². The van der Waals surface area contributed by atoms with Crippen LogP contribution in [0.25, 0.3) is 21.5 Å². The van der Waals surface area contributed by atoms with Crippen molar-refractivity contribution in [3.63, 3.8) is 0 Å². The lowest BCUT2D eigenvalue weighted by Gasteiger charge is -2.21. The Morgan fingerprint density at radius 2 is 0.917 bits per heavy atom. The zero-order chi connectivity index (χ0) is 34.1. The number of nitrogens with one attached hydrogen (secondary N) is 2. The Morgan fingerprint density at radius 3 is 1.31 bits per heavy atom. The Hall–Kier alpha value is -4.98. The molecule has 0 aliphatic heterocycles. The number of halogens is 2. The van der Waals surface area contributed by atoms with Crippen LogP contribution in [0, 0.1) is 0 Å². The number of fused-ring (bicyclic) bond motifs is 2. The van der Waals surface area contributed by atoms with Gasteiger partial charge in [0.2, 0.25) is 22.5 Å². The van der Waals surface area contributed by atoms with Crippen LogP contribution in [0.2, 0.25) is 10.6 Å². The van der Waals surface area contributed by atoms with Crippen LogP contribution in [0.3, 0.4) is 0 Å². The predicted molar refractivity (Wildman–Crippen MR) is 182 cm³/mol. The van der Waals surface area contributed by atoms with Gasteiger partial charge in [0.25, 0.3) is 11.9 Å². The molecular formula is C28H22Cl2N10O6S2. The molecule has 0 fully saturated rings. The summed E-state index contributed by atoms with van der Waals surface area (Å²) in [4.78, 5) is 24.1. The number of benzene rings is 4. The van der Waals surface area contributed by atoms with Crippen molar-refractivity contribution < 1.29 is 25.9 Å². The minimum absolute atomic E-state index is 0.0594. The predicted octanol–water partition coefficient (Wildman–Crippen LogP) is 5.08. The lowest BCUT2D eigenvalue weighted by Crippen LogP contribution is -2.28. The highest BCUT2D eigenvalue weighted by molar-refractivity contribution is 7.87. The highest BCUT2D eigenvalue weighted by atomic mass is 35.5. The van der Waals surface area contributed by atoms with Crippen molar-refractivity contribution in [2.45, 2.75) is 0 Å². The van der Waals surface area contributed by atoms with E-state index >= 15 is 0 Å². The summed E-state index contributed by atoms with van der Waals surface area (Å²) in [5.41, 5.74) is 0.158. The first-order chi connectivity index (χ1) is 22.9. The van der Waals surface area contributed by atoms with E-state index in [0.29, 0.717) is 30.2 Å². The van der Waals surface area contributed by atoms with E-state index in [2.05, 4.69) is 40.5 Å². The van der Waals surface area contributed by atoms with Gasteiger partial charge in [-0.1, -0.05) is 72.8 Å². The van der Waals surface area contributed by atoms with Crippen LogP contribution in [0.1, 0.15) is 0 Å². The third-order valence-corrected chi connectivity index (χ3v) is 8.66. The molecule has 2 heterocycles. The van der Waals surface area contributed by atoms with Gasteiger partial charge in [0.15, 0.2) is 0 Å². The Bertz CT molecular complexity index is 2210. The van der Waals surface area contributed by atoms with Crippen molar-refractivity contribution in [2.75, 3.05) is 32.3 Å². The number of rotatable bonds is 11. The molecule has 4 aromatic carbocycles. The van der Waals surface area contributed by atoms with Crippen LogP contribution < -0.4 is 19.2 Å². The van der Waals surface area contributed by atoms with Gasteiger partial charge in [-0.3, -0.25) is 9.11 Å². The maximum Gasteiger partial charge on any atom is 0.366 e. The normalized spacial score (nSPS) is 11.8. The zero-order valence-corrected chi connectivity index (χ0v) is 27.3. The second-order valence-electron chi connectivity index (χ2n) is 9.79. The van der Waals surface area contributed by atoms with Gasteiger partial charge < -0.3 is 10.6 Å². The maximum absolute atomic E-state index is 12.6. The molecule has 0 aliphatic carbocycles. The first-order valence-corrected chi connectivity index (χ1v) is 17.3. The molecular weight excluding hydrogens is 707 g/mol. The van der Waals surface area contributed by atoms with Gasteiger partial charge in [-0.15, -0.1) is 0 Å². The Labute approximate surface area is 283 Å². The van der Waals surface area contributed by atoms with Gasteiger partial charge in [-0.05, 0) is 46.1 Å². The molecule has 4 N–H and O–H groups in total. The summed E-state index contributed by atoms with van der Waals surface area (Å²) < 4.78 is 71.6. The van der Waals surface area contributed by atoms with Crippen molar-refractivity contribution in [3.8, 4) is 0 Å². The van der Waals surface area contributed by atoms with Gasteiger partial charge in [-0.25, -0.2) is 0 Å². The van der Waals surface area contributed by atoms with Crippen LogP contribution >= 0.6 is 23.2 Å². The van der Waals surface area contributed by atoms with E-state index in [4.69, 9.17) is 23.2 Å². The summed E-state index contributed by atoms with van der Waals surface area (Å²) in [5.74, 6) is -1.22. The van der Waals surface area contributed by atoms with E-state index in [-0.39, 0.29) is 46.9 Å². The largest absolute Gasteiger partial charge is 0.366 e. The second-order valence-corrected chi connectivity index (χ2v) is 13.0. The lowest BCUT2D eigenvalue weighted by atomic mass is 10.1. The molecule has 48 heavy (non-hydrogen) atoms. The summed E-state index contributed by atoms with van der Waals surface area (Å²) in [6, 6.07) is 23.6. The molecule has 2 aromatic heterocycles. The van der Waals surface area contributed by atoms with Gasteiger partial charge in [-0.2, -0.15) is 55.3 Å². The number of hydrogen-bond donors (Lipinski definition) is 4. The molecule has 0 radical (unpaired) electrons. The second kappa shape index (κ2) is 13.3. The van der Waals surface area contributed by atoms with Gasteiger partial charge in [0.1, 0.15) is 0 Å². The molecule has 0 saturated heterocycles. The molecule has 0 saturated carbocycles. The topological polar surface area (TPSA) is 217 Å². The molecule has 0 aliphatic rings. The number of aromatic nitrogens is 6. The van der Waals surface area contributed by atoms with Crippen molar-refractivity contribution in [3.05, 3.63) is 95.5 Å². The van der Waals surface area contributed by atoms with E-state index in [1.54, 1.807) is 72.8 Å². The van der Waals surface area contributed by atoms with E-state index in [1.807, 2.05) is 0 Å². The standard InChI is InChI=1S/C28H22Cl2N10O6S2/c29-23-33-25(37-27(35-23)39(47(41,42)43)21-13-5-9-17-7-1-3-11-19(17)21)31-15-16-32-26-34-24(30)36-28(38-26)40(48(44,45)46)22-14-6-10-18-8-2-4-12-20(18)22/h1-14H,15-16H2,(H,41,42,43)(H,44,45,46)(H,31,33,35,37)(H,32,34,36,38). The summed E-state index contributed by atoms with van der Waals surface area (Å²) in [5, 5.41) is 7.37. The van der Waals surface area contributed by atoms with Crippen molar-refractivity contribution in [2.24, 2.45) is 0 Å². The van der Waals surface area contributed by atoms with E-state index in [9.17, 15) is 25.9 Å². The molecule has 0 amide bonds. The summed E-state index contributed by atoms with van der Waals surface area (Å²) in [7, 11) is -9.87. The van der Waals surface area contributed by atoms with Crippen LogP contribution in [0.4, 0.5) is 35.2 Å². The average Bonchev–Trinajstić information content (AvgIpc) is 3.02. The van der Waals surface area contributed by atoms with Crippen LogP contribution in [-0.4, -0.2) is 68.9 Å². The Kier molecular flexibility index (Phi) is 9.10. The minimum Gasteiger partial charge on any atom is -0.352 e. The fourth-order valence-corrected chi connectivity index (χ4v) is 6.51. The number of anilines is 6. The molecule has 6 aromatic rings. The zero-order valence-electron chi connectivity index (χ0n) is 24.2. The Balaban J connectivity index is 1.23. The van der Waals surface area contributed by atoms with Crippen LogP contribution in [-0.2, 0) is 20.6 Å². The average molecular weight is 730 g/mol. The van der Waals surface area contributed by atoms with Gasteiger partial charge in [0, 0.05) is 23.9 Å². The molecule has 6 rings (SSSR count). The molecule has 0 atom stereocenters. The van der Waals surface area contributed by atoms with E-state index in [1.165, 1.54) is 12.1 Å². The number of hydrogen-bond acceptors (Lipinski definition) is 12. The highest BCUT2D eigenvalue weighted by Crippen LogP contribution is 2.34. The third kappa shape index (κ3) is 7.13. The third-order valence-electron chi connectivity index (χ3n) is 6.68. The SMILES string of the molecule is O=S(=O)(O)N(c1nc(Cl)nc(NCCNc2nc(Cl)nc(N(c3cccc4ccccc34)S(=O)(=O)O)n2)n1)c1cccc2ccccc12. The molecule has 20 heteroatoms. The monoisotopic (exact) mass is 728 g/mol. The number of nitrogens with zero attached hydrogens (tertiary/aromatic N) is 8. The summed E-state index contributed by atoms with van der Waals surface area (Å²) in [6.45, 7) is 0.119. The van der Waals surface area contributed by atoms with Gasteiger partial charge >= 0.3 is 20.6 Å². The molecule has 0 unspecified atom stereocenters. The van der Waals surface area contributed by atoms with Crippen LogP contribution in [0.5, 0.6) is 0 Å². The minimum atomic E-state index is -4.93. The molecule has 0 spiro atoms. The lowest BCUT2D eigenvalue weighted by molar-refractivity contribution is 0.480. The first-order valence-electron chi connectivity index (χ1n) is 13.7. The fourth-order valence-electron chi connectivity index (χ4n) is 4.81. The molecule has 0 bridgehead atoms. The van der Waals surface area contributed by atoms with Crippen molar-refractivity contribution >= 4 is 101 Å². The maximum atomic E-state index is 12.6. The first kappa shape index (κ1) is 32.9. The summed E-state index contributed by atoms with van der Waals surface area (Å²) in [6.07, 6.45) is 0. The quantitative estimate of drug-likeness (QED) is 0.101. The smallest absolute Gasteiger partial charge is 0.352 e. The molecule has 16 nitrogen and oxygen atoms in total. The molecule has 246 valence electrons. The fraction of sp³-hybridized carbons (Fsp3) is 0.0714. The van der Waals surface area contributed by atoms with Crippen LogP contribution in [0.15, 0.2) is 84.9 Å². The van der Waals surface area contributed by atoms with E-state index in [0.717, 1.165) is 0 Å².